The van der Waals surface area contributed by atoms with E-state index >= 15 is 0 Å². The molecule has 35 heavy (non-hydrogen) atoms. The summed E-state index contributed by atoms with van der Waals surface area (Å²) in [4.78, 5) is 28.2. The zero-order valence-corrected chi connectivity index (χ0v) is 20.1. The van der Waals surface area contributed by atoms with Crippen LogP contribution in [0.1, 0.15) is 37.4 Å². The molecule has 6 heteroatoms. The van der Waals surface area contributed by atoms with Crippen LogP contribution in [-0.2, 0) is 16.0 Å². The van der Waals surface area contributed by atoms with Crippen molar-refractivity contribution in [2.45, 2.75) is 38.8 Å². The molecule has 0 saturated carbocycles. The molecule has 6 nitrogen and oxygen atoms in total. The van der Waals surface area contributed by atoms with E-state index < -0.39 is 17.7 Å². The summed E-state index contributed by atoms with van der Waals surface area (Å²) in [6.45, 7) is 3.87. The molecule has 3 aromatic carbocycles. The first kappa shape index (κ1) is 24.1. The SMILES string of the molecule is COc1cccc(C2C(C(=O)CCc3ccccc3)=C(O)C(=O)N2c2ccc(OC(C)C)cc2)c1. The van der Waals surface area contributed by atoms with Gasteiger partial charge in [-0.25, -0.2) is 0 Å². The van der Waals surface area contributed by atoms with Crippen LogP contribution in [0.15, 0.2) is 90.2 Å². The third-order valence-electron chi connectivity index (χ3n) is 5.89. The fourth-order valence-corrected chi connectivity index (χ4v) is 4.28. The Balaban J connectivity index is 1.71. The Morgan fingerprint density at radius 1 is 0.971 bits per heavy atom. The molecule has 1 amide bonds. The van der Waals surface area contributed by atoms with Gasteiger partial charge in [-0.05, 0) is 67.8 Å². The van der Waals surface area contributed by atoms with Crippen molar-refractivity contribution in [3.63, 3.8) is 0 Å². The van der Waals surface area contributed by atoms with Gasteiger partial charge in [0, 0.05) is 12.1 Å². The Morgan fingerprint density at radius 2 is 1.69 bits per heavy atom. The number of aliphatic hydroxyl groups is 1. The van der Waals surface area contributed by atoms with Crippen molar-refractivity contribution in [2.24, 2.45) is 0 Å². The molecule has 0 spiro atoms. The molecule has 180 valence electrons. The minimum atomic E-state index is -0.780. The van der Waals surface area contributed by atoms with E-state index in [-0.39, 0.29) is 23.9 Å². The van der Waals surface area contributed by atoms with Crippen molar-refractivity contribution in [3.8, 4) is 11.5 Å². The monoisotopic (exact) mass is 471 g/mol. The lowest BCUT2D eigenvalue weighted by Crippen LogP contribution is -2.31. The number of methoxy groups -OCH3 is 1. The normalized spacial score (nSPS) is 15.6. The van der Waals surface area contributed by atoms with Crippen LogP contribution in [0.4, 0.5) is 5.69 Å². The van der Waals surface area contributed by atoms with E-state index in [1.54, 1.807) is 49.6 Å². The van der Waals surface area contributed by atoms with Crippen LogP contribution in [0.25, 0.3) is 0 Å². The predicted octanol–water partition coefficient (Wildman–Crippen LogP) is 5.58. The molecular weight excluding hydrogens is 442 g/mol. The second-order valence-electron chi connectivity index (χ2n) is 8.69. The van der Waals surface area contributed by atoms with E-state index in [0.29, 0.717) is 29.2 Å². The maximum absolute atomic E-state index is 13.4. The number of aryl methyl sites for hydroxylation is 1. The van der Waals surface area contributed by atoms with Crippen molar-refractivity contribution in [1.29, 1.82) is 0 Å². The van der Waals surface area contributed by atoms with Gasteiger partial charge >= 0.3 is 0 Å². The van der Waals surface area contributed by atoms with E-state index in [1.807, 2.05) is 50.2 Å². The second kappa shape index (κ2) is 10.5. The van der Waals surface area contributed by atoms with Gasteiger partial charge in [0.2, 0.25) is 0 Å². The number of ether oxygens (including phenoxy) is 2. The highest BCUT2D eigenvalue weighted by molar-refractivity contribution is 6.16. The Kier molecular flexibility index (Phi) is 7.20. The average molecular weight is 472 g/mol. The van der Waals surface area contributed by atoms with Crippen molar-refractivity contribution < 1.29 is 24.2 Å². The largest absolute Gasteiger partial charge is 0.503 e. The number of ketones is 1. The third kappa shape index (κ3) is 5.22. The third-order valence-corrected chi connectivity index (χ3v) is 5.89. The molecule has 0 radical (unpaired) electrons. The zero-order chi connectivity index (χ0) is 24.9. The van der Waals surface area contributed by atoms with Crippen molar-refractivity contribution in [3.05, 3.63) is 101 Å². The fraction of sp³-hybridized carbons (Fsp3) is 0.241. The first-order chi connectivity index (χ1) is 16.9. The van der Waals surface area contributed by atoms with Crippen LogP contribution < -0.4 is 14.4 Å². The van der Waals surface area contributed by atoms with E-state index in [4.69, 9.17) is 9.47 Å². The maximum Gasteiger partial charge on any atom is 0.294 e. The molecule has 0 saturated heterocycles. The summed E-state index contributed by atoms with van der Waals surface area (Å²) in [6.07, 6.45) is 0.696. The van der Waals surface area contributed by atoms with E-state index in [1.165, 1.54) is 4.90 Å². The number of benzene rings is 3. The van der Waals surface area contributed by atoms with Gasteiger partial charge in [0.25, 0.3) is 5.91 Å². The molecule has 1 heterocycles. The lowest BCUT2D eigenvalue weighted by molar-refractivity contribution is -0.118. The number of nitrogens with zero attached hydrogens (tertiary/aromatic N) is 1. The summed E-state index contributed by atoms with van der Waals surface area (Å²) >= 11 is 0. The number of hydrogen-bond acceptors (Lipinski definition) is 5. The highest BCUT2D eigenvalue weighted by Crippen LogP contribution is 2.42. The van der Waals surface area contributed by atoms with E-state index in [2.05, 4.69) is 0 Å². The Bertz CT molecular complexity index is 1230. The molecule has 3 aromatic rings. The summed E-state index contributed by atoms with van der Waals surface area (Å²) in [7, 11) is 1.56. The molecule has 1 N–H and O–H groups in total. The quantitative estimate of drug-likeness (QED) is 0.441. The van der Waals surface area contributed by atoms with E-state index in [0.717, 1.165) is 5.56 Å². The second-order valence-corrected chi connectivity index (χ2v) is 8.69. The summed E-state index contributed by atoms with van der Waals surface area (Å²) in [6, 6.07) is 23.2. The highest BCUT2D eigenvalue weighted by Gasteiger charge is 2.44. The molecule has 0 aliphatic carbocycles. The van der Waals surface area contributed by atoms with Crippen LogP contribution in [0.2, 0.25) is 0 Å². The van der Waals surface area contributed by atoms with Crippen LogP contribution >= 0.6 is 0 Å². The molecule has 0 fully saturated rings. The average Bonchev–Trinajstić information content (AvgIpc) is 3.14. The van der Waals surface area contributed by atoms with Crippen molar-refractivity contribution in [1.82, 2.24) is 0 Å². The molecule has 1 atom stereocenters. The number of carbonyl (C=O) groups is 2. The topological polar surface area (TPSA) is 76.1 Å². The molecular formula is C29H29NO5. The van der Waals surface area contributed by atoms with Gasteiger partial charge in [-0.2, -0.15) is 0 Å². The van der Waals surface area contributed by atoms with Gasteiger partial charge in [0.15, 0.2) is 11.5 Å². The van der Waals surface area contributed by atoms with E-state index in [9.17, 15) is 14.7 Å². The molecule has 0 aromatic heterocycles. The van der Waals surface area contributed by atoms with Gasteiger partial charge in [-0.3, -0.25) is 14.5 Å². The number of anilines is 1. The predicted molar refractivity (Wildman–Crippen MR) is 135 cm³/mol. The first-order valence-corrected chi connectivity index (χ1v) is 11.6. The number of hydrogen-bond donors (Lipinski definition) is 1. The molecule has 0 bridgehead atoms. The van der Waals surface area contributed by atoms with Gasteiger partial charge in [0.05, 0.1) is 24.8 Å². The maximum atomic E-state index is 13.4. The number of amides is 1. The minimum Gasteiger partial charge on any atom is -0.503 e. The Morgan fingerprint density at radius 3 is 2.34 bits per heavy atom. The standard InChI is InChI=1S/C29H29NO5/c1-19(2)35-23-15-13-22(14-16-23)30-27(21-10-7-11-24(18-21)34-3)26(28(32)29(30)33)25(31)17-12-20-8-5-4-6-9-20/h4-11,13-16,18-19,27,32H,12,17H2,1-3H3. The smallest absolute Gasteiger partial charge is 0.294 e. The zero-order valence-electron chi connectivity index (χ0n) is 20.1. The van der Waals surface area contributed by atoms with Crippen LogP contribution in [0.3, 0.4) is 0 Å². The minimum absolute atomic E-state index is 0.0124. The number of carbonyl (C=O) groups excluding carboxylic acids is 2. The Hall–Kier alpha value is -4.06. The summed E-state index contributed by atoms with van der Waals surface area (Å²) in [5.41, 5.74) is 2.34. The van der Waals surface area contributed by atoms with Crippen LogP contribution in [0, 0.1) is 0 Å². The first-order valence-electron chi connectivity index (χ1n) is 11.6. The van der Waals surface area contributed by atoms with Gasteiger partial charge < -0.3 is 14.6 Å². The van der Waals surface area contributed by atoms with Crippen LogP contribution in [-0.4, -0.2) is 30.0 Å². The summed E-state index contributed by atoms with van der Waals surface area (Å²) in [5.74, 6) is -0.130. The molecule has 1 unspecified atom stereocenters. The lowest BCUT2D eigenvalue weighted by atomic mass is 9.93. The van der Waals surface area contributed by atoms with Gasteiger partial charge in [0.1, 0.15) is 11.5 Å². The number of rotatable bonds is 9. The van der Waals surface area contributed by atoms with Gasteiger partial charge in [-0.15, -0.1) is 0 Å². The summed E-state index contributed by atoms with van der Waals surface area (Å²) < 4.78 is 11.1. The number of Topliss-reactive ketones (excluding diaryl/α,β-unsaturated/α-hetero) is 1. The fourth-order valence-electron chi connectivity index (χ4n) is 4.28. The van der Waals surface area contributed by atoms with Crippen LogP contribution in [0.5, 0.6) is 11.5 Å². The van der Waals surface area contributed by atoms with Gasteiger partial charge in [-0.1, -0.05) is 42.5 Å². The lowest BCUT2D eigenvalue weighted by Gasteiger charge is -2.27. The Labute approximate surface area is 205 Å². The summed E-state index contributed by atoms with van der Waals surface area (Å²) in [5, 5.41) is 10.9. The molecule has 1 aliphatic heterocycles. The number of aliphatic hydroxyl groups excluding tert-OH is 1. The highest BCUT2D eigenvalue weighted by atomic mass is 16.5. The van der Waals surface area contributed by atoms with Crippen molar-refractivity contribution in [2.75, 3.05) is 12.0 Å². The van der Waals surface area contributed by atoms with Crippen molar-refractivity contribution >= 4 is 17.4 Å². The molecule has 4 rings (SSSR count). The molecule has 1 aliphatic rings.